The van der Waals surface area contributed by atoms with Crippen LogP contribution in [0.15, 0.2) is 6.20 Å². The van der Waals surface area contributed by atoms with Crippen molar-refractivity contribution in [3.8, 4) is 6.07 Å². The number of nitrogens with zero attached hydrogens (tertiary/aromatic N) is 4. The Morgan fingerprint density at radius 3 is 2.59 bits per heavy atom. The Balaban J connectivity index is 1.51. The van der Waals surface area contributed by atoms with Crippen molar-refractivity contribution >= 4 is 17.6 Å². The van der Waals surface area contributed by atoms with Crippen LogP contribution in [0.5, 0.6) is 0 Å². The van der Waals surface area contributed by atoms with E-state index in [2.05, 4.69) is 21.4 Å². The molecule has 0 aromatic carbocycles. The zero-order valence-corrected chi connectivity index (χ0v) is 16.8. The van der Waals surface area contributed by atoms with E-state index in [1.54, 1.807) is 18.0 Å². The smallest absolute Gasteiger partial charge is 0.254 e. The van der Waals surface area contributed by atoms with E-state index in [0.717, 1.165) is 51.6 Å². The van der Waals surface area contributed by atoms with E-state index in [4.69, 9.17) is 10.5 Å². The molecule has 1 aromatic rings. The summed E-state index contributed by atoms with van der Waals surface area (Å²) >= 11 is 0. The normalized spacial score (nSPS) is 27.8. The van der Waals surface area contributed by atoms with Crippen LogP contribution in [0.2, 0.25) is 0 Å². The molecule has 2 saturated carbocycles. The molecule has 0 radical (unpaired) electrons. The third kappa shape index (κ3) is 3.87. The van der Waals surface area contributed by atoms with E-state index in [-0.39, 0.29) is 23.2 Å². The topological polar surface area (TPSA) is 126 Å². The van der Waals surface area contributed by atoms with E-state index in [9.17, 15) is 14.9 Å². The van der Waals surface area contributed by atoms with Crippen LogP contribution in [0.3, 0.4) is 0 Å². The van der Waals surface area contributed by atoms with Gasteiger partial charge in [-0.25, -0.2) is 0 Å². The molecule has 2 heterocycles. The highest BCUT2D eigenvalue weighted by Gasteiger charge is 2.42. The molecule has 1 saturated heterocycles. The summed E-state index contributed by atoms with van der Waals surface area (Å²) in [6.07, 6.45) is 7.43. The zero-order valence-electron chi connectivity index (χ0n) is 16.8. The monoisotopic (exact) mass is 400 g/mol. The van der Waals surface area contributed by atoms with Crippen molar-refractivity contribution in [2.45, 2.75) is 62.6 Å². The number of likely N-dealkylation sites (tertiary alicyclic amines) is 1. The van der Waals surface area contributed by atoms with E-state index in [1.807, 2.05) is 0 Å². The van der Waals surface area contributed by atoms with Gasteiger partial charge < -0.3 is 15.8 Å². The Morgan fingerprint density at radius 2 is 2.03 bits per heavy atom. The molecule has 29 heavy (non-hydrogen) atoms. The summed E-state index contributed by atoms with van der Waals surface area (Å²) in [4.78, 5) is 26.5. The quantitative estimate of drug-likeness (QED) is 0.708. The van der Waals surface area contributed by atoms with Crippen LogP contribution in [-0.2, 0) is 15.1 Å². The molecule has 0 atom stereocenters. The number of hydrogen-bond donors (Lipinski definition) is 2. The van der Waals surface area contributed by atoms with Gasteiger partial charge in [-0.3, -0.25) is 19.2 Å². The maximum atomic E-state index is 12.2. The number of nitriles is 1. The first-order chi connectivity index (χ1) is 14.0. The number of carbonyl (C=O) groups excluding carboxylic acids is 2. The van der Waals surface area contributed by atoms with Crippen molar-refractivity contribution in [1.82, 2.24) is 14.7 Å². The first-order valence-corrected chi connectivity index (χ1v) is 10.3. The second kappa shape index (κ2) is 7.76. The maximum Gasteiger partial charge on any atom is 0.254 e. The van der Waals surface area contributed by atoms with Gasteiger partial charge in [-0.05, 0) is 38.5 Å². The molecule has 2 amide bonds. The summed E-state index contributed by atoms with van der Waals surface area (Å²) in [7, 11) is 1.74. The summed E-state index contributed by atoms with van der Waals surface area (Å²) in [5.41, 5.74) is 5.24. The lowest BCUT2D eigenvalue weighted by atomic mass is 9.76. The molecule has 0 bridgehead atoms. The van der Waals surface area contributed by atoms with E-state index in [0.29, 0.717) is 18.6 Å². The predicted molar refractivity (Wildman–Crippen MR) is 105 cm³/mol. The molecular formula is C20H28N6O3. The number of primary amides is 1. The summed E-state index contributed by atoms with van der Waals surface area (Å²) < 4.78 is 7.08. The Morgan fingerprint density at radius 1 is 1.34 bits per heavy atom. The molecule has 3 N–H and O–H groups in total. The number of amides is 2. The van der Waals surface area contributed by atoms with Crippen LogP contribution in [0.1, 0.15) is 55.3 Å². The Labute approximate surface area is 170 Å². The lowest BCUT2D eigenvalue weighted by molar-refractivity contribution is -0.117. The summed E-state index contributed by atoms with van der Waals surface area (Å²) in [6, 6.07) is 2.77. The van der Waals surface area contributed by atoms with Gasteiger partial charge in [-0.15, -0.1) is 0 Å². The number of aromatic nitrogens is 2. The molecule has 156 valence electrons. The number of hydrogen-bond acceptors (Lipinski definition) is 6. The third-order valence-electron chi connectivity index (χ3n) is 6.68. The highest BCUT2D eigenvalue weighted by molar-refractivity contribution is 6.02. The molecule has 1 aromatic heterocycles. The SMILES string of the molecule is COC1CN(C2CCC(CC#N)(n3cc(C(N)=O)c(NC(=O)C4CC4)n3)CC2)C1. The van der Waals surface area contributed by atoms with Crippen LogP contribution in [-0.4, -0.2) is 58.8 Å². The number of nitrogens with one attached hydrogen (secondary N) is 1. The van der Waals surface area contributed by atoms with Gasteiger partial charge in [0.25, 0.3) is 5.91 Å². The fourth-order valence-electron chi connectivity index (χ4n) is 4.51. The lowest BCUT2D eigenvalue weighted by Crippen LogP contribution is -2.57. The van der Waals surface area contributed by atoms with E-state index in [1.165, 1.54) is 0 Å². The molecule has 3 fully saturated rings. The number of rotatable bonds is 7. The van der Waals surface area contributed by atoms with Crippen LogP contribution in [0, 0.1) is 17.2 Å². The number of ether oxygens (including phenoxy) is 1. The van der Waals surface area contributed by atoms with Crippen molar-refractivity contribution in [2.75, 3.05) is 25.5 Å². The lowest BCUT2D eigenvalue weighted by Gasteiger charge is -2.48. The van der Waals surface area contributed by atoms with Gasteiger partial charge in [0, 0.05) is 38.4 Å². The molecule has 1 aliphatic heterocycles. The number of nitrogens with two attached hydrogens (primary N) is 1. The number of methoxy groups -OCH3 is 1. The van der Waals surface area contributed by atoms with Gasteiger partial charge in [0.05, 0.1) is 24.1 Å². The molecule has 0 unspecified atom stereocenters. The van der Waals surface area contributed by atoms with Crippen molar-refractivity contribution in [1.29, 1.82) is 5.26 Å². The van der Waals surface area contributed by atoms with Gasteiger partial charge in [-0.1, -0.05) is 0 Å². The standard InChI is InChI=1S/C20H28N6O3/c1-29-15-10-25(11-15)14-4-6-20(7-5-14,8-9-21)26-12-16(17(22)27)18(24-26)23-19(28)13-2-3-13/h12-15H,2-8,10-11H2,1H3,(H2,22,27)(H,23,24,28). The van der Waals surface area contributed by atoms with Crippen molar-refractivity contribution in [2.24, 2.45) is 11.7 Å². The molecule has 9 nitrogen and oxygen atoms in total. The highest BCUT2D eigenvalue weighted by atomic mass is 16.5. The fraction of sp³-hybridized carbons (Fsp3) is 0.700. The first kappa shape index (κ1) is 19.9. The van der Waals surface area contributed by atoms with Gasteiger partial charge in [-0.2, -0.15) is 10.4 Å². The van der Waals surface area contributed by atoms with Gasteiger partial charge >= 0.3 is 0 Å². The van der Waals surface area contributed by atoms with E-state index < -0.39 is 11.4 Å². The van der Waals surface area contributed by atoms with Gasteiger partial charge in [0.1, 0.15) is 5.56 Å². The average molecular weight is 400 g/mol. The van der Waals surface area contributed by atoms with Gasteiger partial charge in [0.2, 0.25) is 5.91 Å². The molecular weight excluding hydrogens is 372 g/mol. The molecule has 2 aliphatic carbocycles. The van der Waals surface area contributed by atoms with Crippen LogP contribution in [0.25, 0.3) is 0 Å². The highest BCUT2D eigenvalue weighted by Crippen LogP contribution is 2.41. The van der Waals surface area contributed by atoms with Gasteiger partial charge in [0.15, 0.2) is 5.82 Å². The summed E-state index contributed by atoms with van der Waals surface area (Å²) in [6.45, 7) is 1.91. The minimum Gasteiger partial charge on any atom is -0.379 e. The first-order valence-electron chi connectivity index (χ1n) is 10.3. The minimum absolute atomic E-state index is 0.00293. The van der Waals surface area contributed by atoms with Crippen LogP contribution >= 0.6 is 0 Å². The molecule has 4 rings (SSSR count). The summed E-state index contributed by atoms with van der Waals surface area (Å²) in [5.74, 6) is -0.549. The second-order valence-electron chi connectivity index (χ2n) is 8.57. The third-order valence-corrected chi connectivity index (χ3v) is 6.68. The number of anilines is 1. The fourth-order valence-corrected chi connectivity index (χ4v) is 4.51. The number of carbonyl (C=O) groups is 2. The van der Waals surface area contributed by atoms with Crippen molar-refractivity contribution in [3.63, 3.8) is 0 Å². The largest absolute Gasteiger partial charge is 0.379 e. The molecule has 9 heteroatoms. The van der Waals surface area contributed by atoms with Crippen molar-refractivity contribution in [3.05, 3.63) is 11.8 Å². The Bertz CT molecular complexity index is 826. The van der Waals surface area contributed by atoms with Crippen LogP contribution in [0.4, 0.5) is 5.82 Å². The maximum absolute atomic E-state index is 12.2. The minimum atomic E-state index is -0.630. The van der Waals surface area contributed by atoms with E-state index >= 15 is 0 Å². The Hall–Kier alpha value is -2.44. The predicted octanol–water partition coefficient (Wildman–Crippen LogP) is 1.21. The Kier molecular flexibility index (Phi) is 5.32. The van der Waals surface area contributed by atoms with Crippen molar-refractivity contribution < 1.29 is 14.3 Å². The second-order valence-corrected chi connectivity index (χ2v) is 8.57. The average Bonchev–Trinajstić information content (AvgIpc) is 3.43. The molecule has 3 aliphatic rings. The zero-order chi connectivity index (χ0) is 20.6. The summed E-state index contributed by atoms with van der Waals surface area (Å²) in [5, 5.41) is 16.8. The van der Waals surface area contributed by atoms with Crippen LogP contribution < -0.4 is 11.1 Å². The molecule has 0 spiro atoms.